The number of para-hydroxylation sites is 1. The zero-order chi connectivity index (χ0) is 14.8. The van der Waals surface area contributed by atoms with E-state index >= 15 is 0 Å². The molecule has 0 amide bonds. The van der Waals surface area contributed by atoms with Gasteiger partial charge in [0.25, 0.3) is 0 Å². The maximum Gasteiger partial charge on any atom is 0.121 e. The van der Waals surface area contributed by atoms with E-state index in [2.05, 4.69) is 46.4 Å². The Morgan fingerprint density at radius 1 is 1.09 bits per heavy atom. The summed E-state index contributed by atoms with van der Waals surface area (Å²) in [5.41, 5.74) is 2.53. The Morgan fingerprint density at radius 3 is 2.77 bits per heavy atom. The molecule has 1 aromatic carbocycles. The molecule has 4 rings (SSSR count). The predicted octanol–water partition coefficient (Wildman–Crippen LogP) is 3.38. The topological polar surface area (TPSA) is 41.4 Å². The summed E-state index contributed by atoms with van der Waals surface area (Å²) in [6.07, 6.45) is 4.83. The van der Waals surface area contributed by atoms with E-state index in [9.17, 15) is 0 Å². The summed E-state index contributed by atoms with van der Waals surface area (Å²) in [4.78, 5) is 5.83. The van der Waals surface area contributed by atoms with Gasteiger partial charge in [-0.25, -0.2) is 0 Å². The lowest BCUT2D eigenvalue weighted by Crippen LogP contribution is -2.39. The summed E-state index contributed by atoms with van der Waals surface area (Å²) in [6.45, 7) is 3.50. The van der Waals surface area contributed by atoms with E-state index in [4.69, 9.17) is 9.15 Å². The summed E-state index contributed by atoms with van der Waals surface area (Å²) < 4.78 is 11.2. The highest BCUT2D eigenvalue weighted by atomic mass is 16.5. The lowest BCUT2D eigenvalue weighted by atomic mass is 10.0. The summed E-state index contributed by atoms with van der Waals surface area (Å²) in [5.74, 6) is 1.03. The molecule has 1 aliphatic heterocycles. The van der Waals surface area contributed by atoms with Gasteiger partial charge in [-0.1, -0.05) is 18.2 Å². The number of nitrogens with zero attached hydrogens (tertiary/aromatic N) is 1. The molecular weight excluding hydrogens is 276 g/mol. The van der Waals surface area contributed by atoms with E-state index in [-0.39, 0.29) is 6.04 Å². The van der Waals surface area contributed by atoms with Gasteiger partial charge in [0, 0.05) is 30.2 Å². The summed E-state index contributed by atoms with van der Waals surface area (Å²) in [6, 6.07) is 12.8. The van der Waals surface area contributed by atoms with E-state index in [0.29, 0.717) is 0 Å². The number of nitrogens with one attached hydrogen (secondary N) is 1. The van der Waals surface area contributed by atoms with E-state index in [0.717, 1.165) is 38.5 Å². The Hall–Kier alpha value is -2.04. The fraction of sp³-hybridized carbons (Fsp3) is 0.333. The average molecular weight is 296 g/mol. The molecule has 1 atom stereocenters. The number of hydrogen-bond acceptors (Lipinski definition) is 3. The Balaban J connectivity index is 1.66. The monoisotopic (exact) mass is 296 g/mol. The van der Waals surface area contributed by atoms with Crippen molar-refractivity contribution in [3.05, 3.63) is 60.2 Å². The highest BCUT2D eigenvalue weighted by Gasteiger charge is 2.25. The van der Waals surface area contributed by atoms with Crippen LogP contribution in [-0.2, 0) is 11.2 Å². The molecule has 0 spiro atoms. The van der Waals surface area contributed by atoms with Crippen molar-refractivity contribution in [2.24, 2.45) is 0 Å². The Morgan fingerprint density at radius 2 is 1.95 bits per heavy atom. The number of aromatic nitrogens is 1. The van der Waals surface area contributed by atoms with Crippen LogP contribution in [0.15, 0.2) is 53.3 Å². The molecule has 114 valence electrons. The van der Waals surface area contributed by atoms with Gasteiger partial charge >= 0.3 is 0 Å². The zero-order valence-electron chi connectivity index (χ0n) is 12.5. The molecule has 4 nitrogen and oxygen atoms in total. The minimum atomic E-state index is 0.262. The van der Waals surface area contributed by atoms with Crippen LogP contribution < -0.4 is 0 Å². The van der Waals surface area contributed by atoms with Crippen LogP contribution in [0.25, 0.3) is 10.9 Å². The summed E-state index contributed by atoms with van der Waals surface area (Å²) >= 11 is 0. The zero-order valence-corrected chi connectivity index (χ0v) is 12.5. The SMILES string of the molecule is c1coc(C(Cc2c[nH]c3ccccc23)N2CCOCC2)c1. The largest absolute Gasteiger partial charge is 0.468 e. The van der Waals surface area contributed by atoms with Crippen molar-refractivity contribution in [1.82, 2.24) is 9.88 Å². The summed E-state index contributed by atoms with van der Waals surface area (Å²) in [5, 5.41) is 1.30. The molecule has 0 saturated carbocycles. The molecular formula is C18H20N2O2. The molecule has 3 aromatic rings. The molecule has 22 heavy (non-hydrogen) atoms. The van der Waals surface area contributed by atoms with E-state index < -0.39 is 0 Å². The van der Waals surface area contributed by atoms with Crippen LogP contribution in [0.5, 0.6) is 0 Å². The number of rotatable bonds is 4. The van der Waals surface area contributed by atoms with E-state index in [1.807, 2.05) is 6.07 Å². The molecule has 1 fully saturated rings. The van der Waals surface area contributed by atoms with Gasteiger partial charge in [0.05, 0.1) is 25.5 Å². The van der Waals surface area contributed by atoms with Crippen molar-refractivity contribution in [3.8, 4) is 0 Å². The quantitative estimate of drug-likeness (QED) is 0.802. The normalized spacial score (nSPS) is 17.8. The minimum absolute atomic E-state index is 0.262. The smallest absolute Gasteiger partial charge is 0.121 e. The number of ether oxygens (including phenoxy) is 1. The number of hydrogen-bond donors (Lipinski definition) is 1. The second-order valence-corrected chi connectivity index (χ2v) is 5.74. The Bertz CT molecular complexity index is 726. The number of fused-ring (bicyclic) bond motifs is 1. The van der Waals surface area contributed by atoms with Gasteiger partial charge in [-0.05, 0) is 30.2 Å². The highest BCUT2D eigenvalue weighted by Crippen LogP contribution is 2.29. The second-order valence-electron chi connectivity index (χ2n) is 5.74. The third-order valence-corrected chi connectivity index (χ3v) is 4.45. The van der Waals surface area contributed by atoms with Gasteiger partial charge in [0.1, 0.15) is 5.76 Å². The first kappa shape index (κ1) is 13.6. The predicted molar refractivity (Wildman–Crippen MR) is 85.8 cm³/mol. The maximum absolute atomic E-state index is 5.72. The van der Waals surface area contributed by atoms with Crippen LogP contribution >= 0.6 is 0 Å². The number of aromatic amines is 1. The number of H-pyrrole nitrogens is 1. The van der Waals surface area contributed by atoms with Crippen molar-refractivity contribution >= 4 is 10.9 Å². The van der Waals surface area contributed by atoms with Crippen LogP contribution in [0.2, 0.25) is 0 Å². The fourth-order valence-corrected chi connectivity index (χ4v) is 3.29. The van der Waals surface area contributed by atoms with Gasteiger partial charge in [-0.3, -0.25) is 4.90 Å². The van der Waals surface area contributed by atoms with E-state index in [1.165, 1.54) is 16.5 Å². The number of morpholine rings is 1. The second kappa shape index (κ2) is 5.99. The van der Waals surface area contributed by atoms with Crippen molar-refractivity contribution in [1.29, 1.82) is 0 Å². The Kier molecular flexibility index (Phi) is 3.70. The van der Waals surface area contributed by atoms with Crippen molar-refractivity contribution < 1.29 is 9.15 Å². The third kappa shape index (κ3) is 2.56. The van der Waals surface area contributed by atoms with Gasteiger partial charge in [0.15, 0.2) is 0 Å². The summed E-state index contributed by atoms with van der Waals surface area (Å²) in [7, 11) is 0. The van der Waals surface area contributed by atoms with Crippen LogP contribution in [0.4, 0.5) is 0 Å². The fourth-order valence-electron chi connectivity index (χ4n) is 3.29. The molecule has 1 unspecified atom stereocenters. The molecule has 1 N–H and O–H groups in total. The minimum Gasteiger partial charge on any atom is -0.468 e. The van der Waals surface area contributed by atoms with Crippen LogP contribution in [0.3, 0.4) is 0 Å². The number of benzene rings is 1. The van der Waals surface area contributed by atoms with Crippen molar-refractivity contribution in [2.45, 2.75) is 12.5 Å². The number of furan rings is 1. The first-order chi connectivity index (χ1) is 10.9. The molecule has 4 heteroatoms. The molecule has 0 aliphatic carbocycles. The lowest BCUT2D eigenvalue weighted by molar-refractivity contribution is 0.0117. The van der Waals surface area contributed by atoms with E-state index in [1.54, 1.807) is 6.26 Å². The van der Waals surface area contributed by atoms with Crippen molar-refractivity contribution in [3.63, 3.8) is 0 Å². The highest BCUT2D eigenvalue weighted by molar-refractivity contribution is 5.83. The Labute approximate surface area is 129 Å². The standard InChI is InChI=1S/C18H20N2O2/c1-2-5-16-15(4-1)14(13-19-16)12-17(18-6-3-9-22-18)20-7-10-21-11-8-20/h1-6,9,13,17,19H,7-8,10-12H2. The average Bonchev–Trinajstić information content (AvgIpc) is 3.23. The molecule has 3 heterocycles. The van der Waals surface area contributed by atoms with Gasteiger partial charge in [0.2, 0.25) is 0 Å². The van der Waals surface area contributed by atoms with Crippen LogP contribution in [0.1, 0.15) is 17.4 Å². The van der Waals surface area contributed by atoms with Crippen molar-refractivity contribution in [2.75, 3.05) is 26.3 Å². The lowest BCUT2D eigenvalue weighted by Gasteiger charge is -2.33. The maximum atomic E-state index is 5.72. The molecule has 2 aromatic heterocycles. The third-order valence-electron chi connectivity index (χ3n) is 4.45. The first-order valence-electron chi connectivity index (χ1n) is 7.82. The van der Waals surface area contributed by atoms with Crippen LogP contribution in [-0.4, -0.2) is 36.2 Å². The molecule has 1 aliphatic rings. The molecule has 1 saturated heterocycles. The van der Waals surface area contributed by atoms with Crippen LogP contribution in [0, 0.1) is 0 Å². The van der Waals surface area contributed by atoms with Gasteiger partial charge in [-0.2, -0.15) is 0 Å². The van der Waals surface area contributed by atoms with Gasteiger partial charge in [-0.15, -0.1) is 0 Å². The molecule has 0 bridgehead atoms. The first-order valence-corrected chi connectivity index (χ1v) is 7.82. The molecule has 0 radical (unpaired) electrons. The van der Waals surface area contributed by atoms with Gasteiger partial charge < -0.3 is 14.1 Å².